The Morgan fingerprint density at radius 1 is 1.37 bits per heavy atom. The monoisotopic (exact) mass is 275 g/mol. The van der Waals surface area contributed by atoms with E-state index in [1.807, 2.05) is 0 Å². The minimum absolute atomic E-state index is 0.152. The molecule has 1 atom stereocenters. The Hall–Kier alpha value is -2.05. The lowest BCUT2D eigenvalue weighted by Crippen LogP contribution is -2.33. The molecule has 4 nitrogen and oxygen atoms in total. The number of alkyl halides is 3. The number of halogens is 3. The smallest absolute Gasteiger partial charge is 0.416 e. The van der Waals surface area contributed by atoms with Gasteiger partial charge in [-0.15, -0.1) is 0 Å². The maximum absolute atomic E-state index is 12.4. The van der Waals surface area contributed by atoms with Crippen LogP contribution in [-0.4, -0.2) is 17.0 Å². The Labute approximate surface area is 107 Å². The molecule has 1 unspecified atom stereocenters. The van der Waals surface area contributed by atoms with Crippen LogP contribution in [0.5, 0.6) is 0 Å². The second-order valence-electron chi connectivity index (χ2n) is 3.98. The van der Waals surface area contributed by atoms with Crippen LogP contribution in [0.2, 0.25) is 0 Å². The van der Waals surface area contributed by atoms with Crippen molar-refractivity contribution in [3.8, 4) is 0 Å². The van der Waals surface area contributed by atoms with Crippen molar-refractivity contribution in [1.29, 1.82) is 0 Å². The van der Waals surface area contributed by atoms with Crippen molar-refractivity contribution in [2.75, 3.05) is 0 Å². The summed E-state index contributed by atoms with van der Waals surface area (Å²) in [6.07, 6.45) is -4.45. The van der Waals surface area contributed by atoms with E-state index in [1.54, 1.807) is 0 Å². The topological polar surface area (TPSA) is 66.4 Å². The highest BCUT2D eigenvalue weighted by Crippen LogP contribution is 2.29. The molecule has 1 amide bonds. The molecule has 104 valence electrons. The van der Waals surface area contributed by atoms with Gasteiger partial charge in [0.2, 0.25) is 5.91 Å². The van der Waals surface area contributed by atoms with Crippen LogP contribution in [0.4, 0.5) is 13.2 Å². The van der Waals surface area contributed by atoms with Crippen molar-refractivity contribution in [3.05, 3.63) is 35.4 Å². The number of carbonyl (C=O) groups is 2. The molecule has 0 saturated heterocycles. The van der Waals surface area contributed by atoms with Crippen molar-refractivity contribution >= 4 is 11.9 Å². The maximum atomic E-state index is 12.4. The van der Waals surface area contributed by atoms with E-state index in [1.165, 1.54) is 19.1 Å². The molecular formula is C12H12F3NO3. The van der Waals surface area contributed by atoms with Crippen LogP contribution in [0.25, 0.3) is 0 Å². The second-order valence-corrected chi connectivity index (χ2v) is 3.98. The van der Waals surface area contributed by atoms with Crippen LogP contribution >= 0.6 is 0 Å². The second kappa shape index (κ2) is 5.73. The zero-order valence-corrected chi connectivity index (χ0v) is 9.99. The number of nitrogens with one attached hydrogen (secondary N) is 1. The number of aliphatic carboxylic acids is 1. The molecule has 0 heterocycles. The van der Waals surface area contributed by atoms with Gasteiger partial charge in [-0.3, -0.25) is 9.59 Å². The Kier molecular flexibility index (Phi) is 4.52. The lowest BCUT2D eigenvalue weighted by atomic mass is 10.1. The summed E-state index contributed by atoms with van der Waals surface area (Å²) in [6, 6.07) is 4.48. The molecule has 7 heteroatoms. The van der Waals surface area contributed by atoms with Crippen LogP contribution in [0.3, 0.4) is 0 Å². The third-order valence-electron chi connectivity index (χ3n) is 2.48. The summed E-state index contributed by atoms with van der Waals surface area (Å²) in [5.74, 6) is -3.28. The Bertz CT molecular complexity index is 485. The molecule has 0 aliphatic heterocycles. The number of benzene rings is 1. The Balaban J connectivity index is 2.69. The molecule has 0 aliphatic rings. The highest BCUT2D eigenvalue weighted by molar-refractivity contribution is 5.96. The van der Waals surface area contributed by atoms with E-state index in [4.69, 9.17) is 5.11 Å². The molecule has 0 aliphatic carbocycles. The van der Waals surface area contributed by atoms with Crippen molar-refractivity contribution in [1.82, 2.24) is 5.32 Å². The first-order chi connectivity index (χ1) is 8.71. The standard InChI is InChI=1S/C12H12F3NO3/c1-7(11(18)19)10(17)16-6-8-3-2-4-9(5-8)12(13,14)15/h2-5,7H,6H2,1H3,(H,16,17)(H,18,19). The van der Waals surface area contributed by atoms with Crippen molar-refractivity contribution < 1.29 is 27.9 Å². The lowest BCUT2D eigenvalue weighted by Gasteiger charge is -2.11. The minimum Gasteiger partial charge on any atom is -0.481 e. The number of amides is 1. The highest BCUT2D eigenvalue weighted by Gasteiger charge is 2.30. The number of hydrogen-bond acceptors (Lipinski definition) is 2. The number of carboxylic acids is 1. The van der Waals surface area contributed by atoms with E-state index in [0.29, 0.717) is 0 Å². The highest BCUT2D eigenvalue weighted by atomic mass is 19.4. The first-order valence-corrected chi connectivity index (χ1v) is 5.38. The van der Waals surface area contributed by atoms with Gasteiger partial charge in [0.25, 0.3) is 0 Å². The first-order valence-electron chi connectivity index (χ1n) is 5.38. The van der Waals surface area contributed by atoms with Gasteiger partial charge < -0.3 is 10.4 Å². The average Bonchev–Trinajstić information content (AvgIpc) is 2.34. The van der Waals surface area contributed by atoms with E-state index >= 15 is 0 Å². The first kappa shape index (κ1) is 15.0. The fraction of sp³-hybridized carbons (Fsp3) is 0.333. The Morgan fingerprint density at radius 2 is 2.00 bits per heavy atom. The van der Waals surface area contributed by atoms with Gasteiger partial charge >= 0.3 is 12.1 Å². The molecule has 2 N–H and O–H groups in total. The van der Waals surface area contributed by atoms with Crippen LogP contribution in [0.1, 0.15) is 18.1 Å². The number of carboxylic acid groups (broad SMARTS) is 1. The van der Waals surface area contributed by atoms with Gasteiger partial charge in [-0.1, -0.05) is 12.1 Å². The van der Waals surface area contributed by atoms with Gasteiger partial charge in [-0.2, -0.15) is 13.2 Å². The molecular weight excluding hydrogens is 263 g/mol. The van der Waals surface area contributed by atoms with Crippen LogP contribution in [0, 0.1) is 5.92 Å². The van der Waals surface area contributed by atoms with E-state index in [2.05, 4.69) is 5.32 Å². The normalized spacial score (nSPS) is 12.8. The van der Waals surface area contributed by atoms with Crippen molar-refractivity contribution in [3.63, 3.8) is 0 Å². The summed E-state index contributed by atoms with van der Waals surface area (Å²) in [5.41, 5.74) is -0.564. The van der Waals surface area contributed by atoms with E-state index in [-0.39, 0.29) is 12.1 Å². The molecule has 0 saturated carbocycles. The van der Waals surface area contributed by atoms with Gasteiger partial charge in [-0.05, 0) is 24.6 Å². The van der Waals surface area contributed by atoms with Gasteiger partial charge in [0.15, 0.2) is 0 Å². The summed E-state index contributed by atoms with van der Waals surface area (Å²) >= 11 is 0. The SMILES string of the molecule is CC(C(=O)O)C(=O)NCc1cccc(C(F)(F)F)c1. The molecule has 1 aromatic carbocycles. The van der Waals surface area contributed by atoms with Gasteiger partial charge in [0.1, 0.15) is 5.92 Å². The maximum Gasteiger partial charge on any atom is 0.416 e. The van der Waals surface area contributed by atoms with Crippen molar-refractivity contribution in [2.45, 2.75) is 19.6 Å². The predicted octanol–water partition coefficient (Wildman–Crippen LogP) is 2.04. The third kappa shape index (κ3) is 4.27. The molecule has 0 bridgehead atoms. The molecule has 0 radical (unpaired) electrons. The zero-order chi connectivity index (χ0) is 14.6. The summed E-state index contributed by atoms with van der Waals surface area (Å²) < 4.78 is 37.3. The lowest BCUT2D eigenvalue weighted by molar-refractivity contribution is -0.146. The van der Waals surface area contributed by atoms with E-state index < -0.39 is 29.5 Å². The molecule has 19 heavy (non-hydrogen) atoms. The summed E-state index contributed by atoms with van der Waals surface area (Å²) in [4.78, 5) is 21.9. The number of rotatable bonds is 4. The van der Waals surface area contributed by atoms with Gasteiger partial charge in [0, 0.05) is 6.54 Å². The zero-order valence-electron chi connectivity index (χ0n) is 9.99. The summed E-state index contributed by atoms with van der Waals surface area (Å²) in [6.45, 7) is 1.05. The molecule has 0 aromatic heterocycles. The molecule has 1 aromatic rings. The summed E-state index contributed by atoms with van der Waals surface area (Å²) in [7, 11) is 0. The van der Waals surface area contributed by atoms with Gasteiger partial charge in [0.05, 0.1) is 5.56 Å². The molecule has 0 fully saturated rings. The average molecular weight is 275 g/mol. The van der Waals surface area contributed by atoms with Crippen molar-refractivity contribution in [2.24, 2.45) is 5.92 Å². The van der Waals surface area contributed by atoms with E-state index in [9.17, 15) is 22.8 Å². The van der Waals surface area contributed by atoms with Crippen LogP contribution in [-0.2, 0) is 22.3 Å². The largest absolute Gasteiger partial charge is 0.481 e. The fourth-order valence-electron chi connectivity index (χ4n) is 1.31. The number of carbonyl (C=O) groups excluding carboxylic acids is 1. The molecule has 1 rings (SSSR count). The third-order valence-corrected chi connectivity index (χ3v) is 2.48. The molecule has 0 spiro atoms. The number of hydrogen-bond donors (Lipinski definition) is 2. The fourth-order valence-corrected chi connectivity index (χ4v) is 1.31. The van der Waals surface area contributed by atoms with Crippen LogP contribution < -0.4 is 5.32 Å². The summed E-state index contributed by atoms with van der Waals surface area (Å²) in [5, 5.41) is 10.9. The van der Waals surface area contributed by atoms with E-state index in [0.717, 1.165) is 12.1 Å². The van der Waals surface area contributed by atoms with Gasteiger partial charge in [-0.25, -0.2) is 0 Å². The Morgan fingerprint density at radius 3 is 2.53 bits per heavy atom. The predicted molar refractivity (Wildman–Crippen MR) is 60.1 cm³/mol. The quantitative estimate of drug-likeness (QED) is 0.826. The van der Waals surface area contributed by atoms with Crippen LogP contribution in [0.15, 0.2) is 24.3 Å². The minimum atomic E-state index is -4.45.